The molecular weight excluding hydrogens is 536 g/mol. The molecule has 0 N–H and O–H groups in total. The molecule has 1 amide bonds. The number of anilines is 2. The van der Waals surface area contributed by atoms with Crippen molar-refractivity contribution >= 4 is 34.7 Å². The van der Waals surface area contributed by atoms with Crippen LogP contribution in [0.5, 0.6) is 5.75 Å². The lowest BCUT2D eigenvalue weighted by atomic mass is 9.79. The average molecular weight is 575 g/mol. The standard InChI is InChI=1S/C32H38N4O6/c1-3-42-30(38)29-27-16-17-35(23-10-8-22(9-11-23)26-6-4-5-7-28(26)37)31(39)32(27,34-18-20-41-21-19-34)36(33-29)24-12-14-25(40-2)15-13-24/h8-15,26-27H,3-7,16-21H2,1-2H3/t26?,27-,32+/m0/s1. The van der Waals surface area contributed by atoms with Gasteiger partial charge < -0.3 is 19.1 Å². The Morgan fingerprint density at radius 2 is 1.69 bits per heavy atom. The highest BCUT2D eigenvalue weighted by Crippen LogP contribution is 2.47. The lowest BCUT2D eigenvalue weighted by molar-refractivity contribution is -0.140. The number of fused-ring (bicyclic) bond motifs is 1. The number of benzene rings is 2. The Bertz CT molecular complexity index is 1350. The zero-order chi connectivity index (χ0) is 29.3. The minimum atomic E-state index is -1.28. The maximum absolute atomic E-state index is 15.0. The number of hydrogen-bond acceptors (Lipinski definition) is 9. The van der Waals surface area contributed by atoms with Gasteiger partial charge in [0.05, 0.1) is 38.5 Å². The molecule has 10 heteroatoms. The molecule has 2 saturated heterocycles. The maximum Gasteiger partial charge on any atom is 0.354 e. The summed E-state index contributed by atoms with van der Waals surface area (Å²) in [6.45, 7) is 4.37. The molecule has 10 nitrogen and oxygen atoms in total. The Hall–Kier alpha value is -3.76. The van der Waals surface area contributed by atoms with Crippen LogP contribution in [0.15, 0.2) is 53.6 Å². The third kappa shape index (κ3) is 4.76. The Morgan fingerprint density at radius 3 is 2.36 bits per heavy atom. The van der Waals surface area contributed by atoms with Crippen molar-refractivity contribution in [3.8, 4) is 5.75 Å². The van der Waals surface area contributed by atoms with E-state index in [-0.39, 0.29) is 24.1 Å². The van der Waals surface area contributed by atoms with Crippen LogP contribution in [0, 0.1) is 5.92 Å². The summed E-state index contributed by atoms with van der Waals surface area (Å²) >= 11 is 0. The molecule has 42 heavy (non-hydrogen) atoms. The summed E-state index contributed by atoms with van der Waals surface area (Å²) in [4.78, 5) is 44.8. The predicted octanol–water partition coefficient (Wildman–Crippen LogP) is 3.74. The van der Waals surface area contributed by atoms with E-state index in [1.807, 2.05) is 48.5 Å². The van der Waals surface area contributed by atoms with E-state index in [0.717, 1.165) is 30.5 Å². The Kier molecular flexibility index (Phi) is 8.00. The largest absolute Gasteiger partial charge is 0.497 e. The predicted molar refractivity (Wildman–Crippen MR) is 158 cm³/mol. The van der Waals surface area contributed by atoms with Gasteiger partial charge in [-0.05, 0) is 68.1 Å². The monoisotopic (exact) mass is 574 g/mol. The first kappa shape index (κ1) is 28.4. The topological polar surface area (TPSA) is 101 Å². The number of carbonyl (C=O) groups excluding carboxylic acids is 3. The maximum atomic E-state index is 15.0. The van der Waals surface area contributed by atoms with Crippen LogP contribution in [0.1, 0.15) is 50.5 Å². The van der Waals surface area contributed by atoms with Gasteiger partial charge in [0, 0.05) is 37.7 Å². The number of hydrazone groups is 1. The van der Waals surface area contributed by atoms with Crippen molar-refractivity contribution in [3.05, 3.63) is 54.1 Å². The Morgan fingerprint density at radius 1 is 0.976 bits per heavy atom. The molecule has 4 aliphatic rings. The van der Waals surface area contributed by atoms with Crippen LogP contribution in [-0.2, 0) is 23.9 Å². The van der Waals surface area contributed by atoms with E-state index in [2.05, 4.69) is 4.90 Å². The summed E-state index contributed by atoms with van der Waals surface area (Å²) in [7, 11) is 1.60. The summed E-state index contributed by atoms with van der Waals surface area (Å²) < 4.78 is 16.5. The van der Waals surface area contributed by atoms with Crippen molar-refractivity contribution in [2.75, 3.05) is 56.5 Å². The SMILES string of the molecule is CCOC(=O)C1=NN(c2ccc(OC)cc2)[C@@]2(N3CCOCC3)C(=O)N(c3ccc(C4CCCCC4=O)cc3)CC[C@@H]12. The van der Waals surface area contributed by atoms with Gasteiger partial charge in [-0.1, -0.05) is 18.6 Å². The molecule has 3 fully saturated rings. The second kappa shape index (κ2) is 11.9. The molecular formula is C32H38N4O6. The highest BCUT2D eigenvalue weighted by Gasteiger charge is 2.65. The molecule has 2 aromatic carbocycles. The highest BCUT2D eigenvalue weighted by molar-refractivity contribution is 6.40. The van der Waals surface area contributed by atoms with Gasteiger partial charge in [-0.2, -0.15) is 5.10 Å². The van der Waals surface area contributed by atoms with E-state index < -0.39 is 17.6 Å². The Balaban J connectivity index is 1.42. The smallest absolute Gasteiger partial charge is 0.354 e. The summed E-state index contributed by atoms with van der Waals surface area (Å²) in [5, 5.41) is 6.57. The third-order valence-corrected chi connectivity index (χ3v) is 9.00. The van der Waals surface area contributed by atoms with Crippen molar-refractivity contribution in [2.24, 2.45) is 11.0 Å². The van der Waals surface area contributed by atoms with Crippen molar-refractivity contribution in [3.63, 3.8) is 0 Å². The zero-order valence-corrected chi connectivity index (χ0v) is 24.3. The Labute approximate surface area is 246 Å². The third-order valence-electron chi connectivity index (χ3n) is 9.00. The first-order valence-corrected chi connectivity index (χ1v) is 15.0. The van der Waals surface area contributed by atoms with Crippen LogP contribution in [0.25, 0.3) is 0 Å². The summed E-state index contributed by atoms with van der Waals surface area (Å²) in [5.41, 5.74) is 1.42. The van der Waals surface area contributed by atoms with Crippen LogP contribution in [0.4, 0.5) is 11.4 Å². The van der Waals surface area contributed by atoms with Gasteiger partial charge in [-0.3, -0.25) is 14.5 Å². The van der Waals surface area contributed by atoms with E-state index >= 15 is 0 Å². The fourth-order valence-electron chi connectivity index (χ4n) is 6.96. The molecule has 1 unspecified atom stereocenters. The van der Waals surface area contributed by atoms with E-state index in [0.29, 0.717) is 62.9 Å². The molecule has 0 bridgehead atoms. The van der Waals surface area contributed by atoms with Crippen molar-refractivity contribution in [1.29, 1.82) is 0 Å². The van der Waals surface area contributed by atoms with Crippen molar-refractivity contribution < 1.29 is 28.6 Å². The van der Waals surface area contributed by atoms with Crippen molar-refractivity contribution in [1.82, 2.24) is 4.90 Å². The number of nitrogens with zero attached hydrogens (tertiary/aromatic N) is 4. The quantitative estimate of drug-likeness (QED) is 0.461. The second-order valence-electron chi connectivity index (χ2n) is 11.2. The van der Waals surface area contributed by atoms with Gasteiger partial charge in [-0.25, -0.2) is 9.80 Å². The fourth-order valence-corrected chi connectivity index (χ4v) is 6.96. The van der Waals surface area contributed by atoms with Gasteiger partial charge in [0.1, 0.15) is 11.5 Å². The minimum absolute atomic E-state index is 0.0742. The molecule has 0 spiro atoms. The first-order chi connectivity index (χ1) is 20.5. The number of morpholine rings is 1. The number of hydrogen-bond donors (Lipinski definition) is 0. The zero-order valence-electron chi connectivity index (χ0n) is 24.3. The molecule has 3 heterocycles. The number of piperidine rings is 1. The van der Waals surface area contributed by atoms with Gasteiger partial charge in [0.15, 0.2) is 5.71 Å². The van der Waals surface area contributed by atoms with Crippen LogP contribution < -0.4 is 14.6 Å². The lowest BCUT2D eigenvalue weighted by Gasteiger charge is -2.53. The van der Waals surface area contributed by atoms with Crippen LogP contribution in [0.2, 0.25) is 0 Å². The number of rotatable bonds is 7. The number of Topliss-reactive ketones (excluding diaryl/α,β-unsaturated/α-hetero) is 1. The van der Waals surface area contributed by atoms with E-state index in [1.165, 1.54) is 0 Å². The van der Waals surface area contributed by atoms with E-state index in [4.69, 9.17) is 19.3 Å². The first-order valence-electron chi connectivity index (χ1n) is 15.0. The van der Waals surface area contributed by atoms with E-state index in [1.54, 1.807) is 23.9 Å². The number of amides is 1. The van der Waals surface area contributed by atoms with Gasteiger partial charge in [0.2, 0.25) is 5.66 Å². The molecule has 2 aromatic rings. The normalized spacial score (nSPS) is 26.6. The number of methoxy groups -OCH3 is 1. The number of carbonyl (C=O) groups is 3. The van der Waals surface area contributed by atoms with E-state index in [9.17, 15) is 14.4 Å². The van der Waals surface area contributed by atoms with Gasteiger partial charge >= 0.3 is 5.97 Å². The molecule has 6 rings (SSSR count). The molecule has 1 aliphatic carbocycles. The van der Waals surface area contributed by atoms with Crippen LogP contribution in [-0.4, -0.2) is 80.5 Å². The molecule has 0 radical (unpaired) electrons. The fraction of sp³-hybridized carbons (Fsp3) is 0.500. The summed E-state index contributed by atoms with van der Waals surface area (Å²) in [5.74, 6) is -0.256. The average Bonchev–Trinajstić information content (AvgIpc) is 3.39. The highest BCUT2D eigenvalue weighted by atomic mass is 16.5. The molecule has 1 saturated carbocycles. The molecule has 3 aliphatic heterocycles. The van der Waals surface area contributed by atoms with Crippen molar-refractivity contribution in [2.45, 2.75) is 50.6 Å². The molecule has 3 atom stereocenters. The van der Waals surface area contributed by atoms with Crippen LogP contribution >= 0.6 is 0 Å². The summed E-state index contributed by atoms with van der Waals surface area (Å²) in [6.07, 6.45) is 4.03. The molecule has 222 valence electrons. The lowest BCUT2D eigenvalue weighted by Crippen LogP contribution is -2.74. The molecule has 0 aromatic heterocycles. The van der Waals surface area contributed by atoms with Gasteiger partial charge in [-0.15, -0.1) is 0 Å². The van der Waals surface area contributed by atoms with Gasteiger partial charge in [0.25, 0.3) is 5.91 Å². The number of ketones is 1. The second-order valence-corrected chi connectivity index (χ2v) is 11.2. The number of esters is 1. The minimum Gasteiger partial charge on any atom is -0.497 e. The summed E-state index contributed by atoms with van der Waals surface area (Å²) in [6, 6.07) is 15.2. The number of ether oxygens (including phenoxy) is 3. The van der Waals surface area contributed by atoms with Crippen LogP contribution in [0.3, 0.4) is 0 Å².